The molecule has 0 saturated carbocycles. The van der Waals surface area contributed by atoms with Crippen molar-refractivity contribution in [1.29, 1.82) is 5.41 Å². The molecule has 8 rings (SSSR count). The lowest BCUT2D eigenvalue weighted by molar-refractivity contribution is -0.137. The number of carbonyl (C=O) groups excluding carboxylic acids is 1. The number of thiophene rings is 2. The number of nitrogens with one attached hydrogen (secondary N) is 1. The van der Waals surface area contributed by atoms with Crippen molar-refractivity contribution in [1.82, 2.24) is 0 Å². The minimum atomic E-state index is -1.11. The van der Waals surface area contributed by atoms with Crippen molar-refractivity contribution in [3.63, 3.8) is 0 Å². The molecule has 0 unspecified atom stereocenters. The van der Waals surface area contributed by atoms with Gasteiger partial charge >= 0.3 is 11.9 Å². The molecular formula is C57H58N2O4S2. The molecular weight excluding hydrogens is 841 g/mol. The number of aliphatic carboxylic acids is 1. The zero-order valence-corrected chi connectivity index (χ0v) is 39.2. The molecule has 0 spiro atoms. The Balaban J connectivity index is 1.16. The highest BCUT2D eigenvalue weighted by Crippen LogP contribution is 2.56. The summed E-state index contributed by atoms with van der Waals surface area (Å²) >= 11 is 3.24. The fraction of sp³-hybridized carbons (Fsp3) is 0.298. The van der Waals surface area contributed by atoms with Crippen LogP contribution < -0.4 is 0 Å². The maximum Gasteiger partial charge on any atom is 0.368 e. The van der Waals surface area contributed by atoms with Gasteiger partial charge in [-0.25, -0.2) is 9.59 Å². The summed E-state index contributed by atoms with van der Waals surface area (Å²) in [6.45, 7) is 4.55. The molecule has 1 aliphatic carbocycles. The first kappa shape index (κ1) is 45.6. The molecule has 2 aromatic heterocycles. The smallest absolute Gasteiger partial charge is 0.368 e. The second kappa shape index (κ2) is 21.4. The van der Waals surface area contributed by atoms with Gasteiger partial charge in [-0.15, -0.1) is 22.7 Å². The van der Waals surface area contributed by atoms with Crippen LogP contribution >= 0.6 is 22.7 Å². The highest BCUT2D eigenvalue weighted by molar-refractivity contribution is 7.16. The third kappa shape index (κ3) is 10.3. The van der Waals surface area contributed by atoms with Gasteiger partial charge in [-0.3, -0.25) is 5.41 Å². The molecule has 65 heavy (non-hydrogen) atoms. The molecule has 0 amide bonds. The van der Waals surface area contributed by atoms with Crippen LogP contribution in [-0.4, -0.2) is 28.5 Å². The number of carboxylic acid groups (broad SMARTS) is 1. The number of nitrogens with zero attached hydrogens (tertiary/aromatic N) is 1. The molecule has 0 bridgehead atoms. The van der Waals surface area contributed by atoms with Gasteiger partial charge < -0.3 is 9.94 Å². The van der Waals surface area contributed by atoms with E-state index in [0.717, 1.165) is 56.3 Å². The SMILES string of the molecule is CCCCCCCCC1(CCCCCCCC)c2cc(-c3ccc(/C=C(/C(=N)c4ccccc4)C(=O)O)s3)ccc2-c2ccc(-c3ccc(/C=C4\C(=O)ON=C4c4ccccc4)s3)cc21. The second-order valence-corrected chi connectivity index (χ2v) is 19.6. The fourth-order valence-corrected chi connectivity index (χ4v) is 11.4. The van der Waals surface area contributed by atoms with Crippen LogP contribution in [-0.2, 0) is 19.8 Å². The van der Waals surface area contributed by atoms with Gasteiger partial charge in [0.25, 0.3) is 0 Å². The van der Waals surface area contributed by atoms with E-state index in [1.54, 1.807) is 40.9 Å². The van der Waals surface area contributed by atoms with Crippen molar-refractivity contribution in [2.45, 2.75) is 109 Å². The molecule has 1 aliphatic heterocycles. The van der Waals surface area contributed by atoms with E-state index in [-0.39, 0.29) is 16.7 Å². The van der Waals surface area contributed by atoms with Crippen LogP contribution in [0.4, 0.5) is 0 Å². The molecule has 0 fully saturated rings. The summed E-state index contributed by atoms with van der Waals surface area (Å²) in [5.74, 6) is -1.55. The van der Waals surface area contributed by atoms with Gasteiger partial charge in [-0.1, -0.05) is 181 Å². The molecule has 4 aromatic carbocycles. The summed E-state index contributed by atoms with van der Waals surface area (Å²) < 4.78 is 0. The van der Waals surface area contributed by atoms with E-state index in [0.29, 0.717) is 16.8 Å². The van der Waals surface area contributed by atoms with Crippen LogP contribution in [0.25, 0.3) is 44.2 Å². The number of carbonyl (C=O) groups is 2. The molecule has 8 heteroatoms. The van der Waals surface area contributed by atoms with Gasteiger partial charge in [0.15, 0.2) is 0 Å². The van der Waals surface area contributed by atoms with Crippen LogP contribution in [0, 0.1) is 5.41 Å². The maximum absolute atomic E-state index is 12.9. The third-order valence-electron chi connectivity index (χ3n) is 13.0. The van der Waals surface area contributed by atoms with Gasteiger partial charge in [0.1, 0.15) is 5.71 Å². The molecule has 2 aliphatic rings. The number of hydrogen-bond acceptors (Lipinski definition) is 7. The predicted molar refractivity (Wildman–Crippen MR) is 271 cm³/mol. The van der Waals surface area contributed by atoms with Crippen LogP contribution in [0.15, 0.2) is 138 Å². The first-order valence-corrected chi connectivity index (χ1v) is 25.1. The minimum Gasteiger partial charge on any atom is -0.478 e. The van der Waals surface area contributed by atoms with Crippen molar-refractivity contribution in [2.75, 3.05) is 0 Å². The number of oxime groups is 1. The maximum atomic E-state index is 12.9. The van der Waals surface area contributed by atoms with E-state index in [4.69, 9.17) is 10.2 Å². The monoisotopic (exact) mass is 898 g/mol. The van der Waals surface area contributed by atoms with Gasteiger partial charge in [0, 0.05) is 36.1 Å². The van der Waals surface area contributed by atoms with E-state index in [1.165, 1.54) is 92.0 Å². The Morgan fingerprint density at radius 3 is 1.74 bits per heavy atom. The largest absolute Gasteiger partial charge is 0.478 e. The number of hydrogen-bond donors (Lipinski definition) is 2. The summed E-state index contributed by atoms with van der Waals surface area (Å²) in [6, 6.07) is 41.1. The van der Waals surface area contributed by atoms with Gasteiger partial charge in [0.05, 0.1) is 16.9 Å². The molecule has 0 radical (unpaired) electrons. The van der Waals surface area contributed by atoms with Crippen LogP contribution in [0.5, 0.6) is 0 Å². The summed E-state index contributed by atoms with van der Waals surface area (Å²) in [6.07, 6.45) is 20.5. The predicted octanol–water partition coefficient (Wildman–Crippen LogP) is 15.8. The summed E-state index contributed by atoms with van der Waals surface area (Å²) in [5.41, 5.74) is 9.98. The quantitative estimate of drug-likeness (QED) is 0.0307. The second-order valence-electron chi connectivity index (χ2n) is 17.4. The van der Waals surface area contributed by atoms with Gasteiger partial charge in [0.2, 0.25) is 0 Å². The van der Waals surface area contributed by atoms with E-state index < -0.39 is 11.9 Å². The Morgan fingerprint density at radius 1 is 0.646 bits per heavy atom. The lowest BCUT2D eigenvalue weighted by atomic mass is 9.70. The van der Waals surface area contributed by atoms with Crippen LogP contribution in [0.1, 0.15) is 136 Å². The van der Waals surface area contributed by atoms with Crippen LogP contribution in [0.2, 0.25) is 0 Å². The topological polar surface area (TPSA) is 99.8 Å². The summed E-state index contributed by atoms with van der Waals surface area (Å²) in [5, 5.41) is 23.0. The van der Waals surface area contributed by atoms with Crippen molar-refractivity contribution in [2.24, 2.45) is 5.16 Å². The zero-order valence-electron chi connectivity index (χ0n) is 37.5. The Labute approximate surface area is 391 Å². The average molecular weight is 899 g/mol. The molecule has 0 saturated heterocycles. The first-order chi connectivity index (χ1) is 31.8. The summed E-state index contributed by atoms with van der Waals surface area (Å²) in [7, 11) is 0. The van der Waals surface area contributed by atoms with Crippen molar-refractivity contribution in [3.8, 4) is 32.0 Å². The highest BCUT2D eigenvalue weighted by atomic mass is 32.1. The lowest BCUT2D eigenvalue weighted by Gasteiger charge is -2.33. The molecule has 6 aromatic rings. The number of carboxylic acids is 1. The Hall–Kier alpha value is -5.96. The first-order valence-electron chi connectivity index (χ1n) is 23.5. The van der Waals surface area contributed by atoms with Crippen LogP contribution in [0.3, 0.4) is 0 Å². The van der Waals surface area contributed by atoms with Crippen molar-refractivity contribution in [3.05, 3.63) is 164 Å². The Kier molecular flexibility index (Phi) is 15.0. The number of benzene rings is 4. The molecule has 0 atom stereocenters. The normalized spacial score (nSPS) is 14.6. The molecule has 332 valence electrons. The number of unbranched alkanes of at least 4 members (excludes halogenated alkanes) is 10. The standard InChI is InChI=1S/C57H58N2O4S2/c1-3-5-7-9-11-19-33-57(34-20-12-10-8-6-4-2)49-35-41(51-31-27-43(64-51)37-47(55(60)61)53(58)39-21-15-13-16-22-39)25-29-45(49)46-30-26-42(36-50(46)57)52-32-28-44(65-52)38-48-54(59-63-56(48)62)40-23-17-14-18-24-40/h13-18,21-32,35-38,58H,3-12,19-20,33-34H2,1-2H3,(H,60,61)/b47-37-,48-38-,58-53?. The van der Waals surface area contributed by atoms with Crippen molar-refractivity contribution < 1.29 is 19.5 Å². The molecule has 3 heterocycles. The van der Waals surface area contributed by atoms with E-state index in [2.05, 4.69) is 73.6 Å². The molecule has 6 nitrogen and oxygen atoms in total. The van der Waals surface area contributed by atoms with E-state index in [1.807, 2.05) is 60.7 Å². The van der Waals surface area contributed by atoms with Gasteiger partial charge in [-0.2, -0.15) is 0 Å². The Bertz CT molecular complexity index is 2630. The van der Waals surface area contributed by atoms with E-state index in [9.17, 15) is 14.7 Å². The summed E-state index contributed by atoms with van der Waals surface area (Å²) in [4.78, 5) is 34.5. The minimum absolute atomic E-state index is 0.00200. The van der Waals surface area contributed by atoms with Gasteiger partial charge in [-0.05, 0) is 94.8 Å². The Morgan fingerprint density at radius 2 is 1.17 bits per heavy atom. The third-order valence-corrected chi connectivity index (χ3v) is 15.1. The fourth-order valence-electron chi connectivity index (χ4n) is 9.55. The zero-order chi connectivity index (χ0) is 45.2. The lowest BCUT2D eigenvalue weighted by Crippen LogP contribution is -2.25. The average Bonchev–Trinajstić information content (AvgIpc) is 4.14. The highest BCUT2D eigenvalue weighted by Gasteiger charge is 2.43. The van der Waals surface area contributed by atoms with Crippen molar-refractivity contribution >= 4 is 58.2 Å². The molecule has 2 N–H and O–H groups in total. The number of fused-ring (bicyclic) bond motifs is 3. The number of rotatable bonds is 22. The van der Waals surface area contributed by atoms with E-state index >= 15 is 0 Å².